The molecule has 12 nitrogen and oxygen atoms in total. The van der Waals surface area contributed by atoms with Crippen molar-refractivity contribution in [3.05, 3.63) is 136 Å². The van der Waals surface area contributed by atoms with Gasteiger partial charge >= 0.3 is 0 Å². The van der Waals surface area contributed by atoms with Crippen LogP contribution in [-0.2, 0) is 25.9 Å². The summed E-state index contributed by atoms with van der Waals surface area (Å²) in [4.78, 5) is 22.0. The Bertz CT molecular complexity index is 1950. The van der Waals surface area contributed by atoms with Crippen molar-refractivity contribution in [1.82, 2.24) is 10.9 Å². The first-order valence-corrected chi connectivity index (χ1v) is 16.8. The smallest absolute Gasteiger partial charge is 0.266 e. The Balaban J connectivity index is 1.57. The van der Waals surface area contributed by atoms with E-state index in [2.05, 4.69) is 20.9 Å². The second kappa shape index (κ2) is 15.7. The van der Waals surface area contributed by atoms with Crippen LogP contribution in [0.15, 0.2) is 112 Å². The van der Waals surface area contributed by atoms with E-state index in [4.69, 9.17) is 19.6 Å². The minimum absolute atomic E-state index is 0.0185. The quantitative estimate of drug-likeness (QED) is 0.0478. The highest BCUT2D eigenvalue weighted by Gasteiger charge is 2.54. The molecule has 0 fully saturated rings. The van der Waals surface area contributed by atoms with Gasteiger partial charge in [0, 0.05) is 53.3 Å². The Morgan fingerprint density at radius 1 is 1.00 bits per heavy atom. The van der Waals surface area contributed by atoms with Crippen LogP contribution in [0.4, 0.5) is 14.5 Å². The lowest BCUT2D eigenvalue weighted by Crippen LogP contribution is -2.53. The summed E-state index contributed by atoms with van der Waals surface area (Å²) in [7, 11) is -3.96. The molecular weight excluding hydrogens is 658 g/mol. The zero-order chi connectivity index (χ0) is 34.9. The summed E-state index contributed by atoms with van der Waals surface area (Å²) in [5.74, 6) is -2.60. The average Bonchev–Trinajstić information content (AvgIpc) is 3.50. The molecule has 254 valence electrons. The van der Waals surface area contributed by atoms with Gasteiger partial charge in [0.1, 0.15) is 17.4 Å². The van der Waals surface area contributed by atoms with Crippen molar-refractivity contribution >= 4 is 27.3 Å². The third-order valence-corrected chi connectivity index (χ3v) is 9.52. The van der Waals surface area contributed by atoms with Gasteiger partial charge in [-0.15, -0.1) is 0 Å². The molecule has 4 aromatic rings. The summed E-state index contributed by atoms with van der Waals surface area (Å²) in [5.41, 5.74) is 12.7. The molecule has 49 heavy (non-hydrogen) atoms. The van der Waals surface area contributed by atoms with Gasteiger partial charge < -0.3 is 14.6 Å². The fourth-order valence-corrected chi connectivity index (χ4v) is 6.64. The Kier molecular flexibility index (Phi) is 11.2. The third kappa shape index (κ3) is 8.04. The highest BCUT2D eigenvalue weighted by atomic mass is 32.2. The highest BCUT2D eigenvalue weighted by molar-refractivity contribution is 7.91. The number of carbonyl (C=O) groups excluding carboxylic acids is 1. The number of amides is 1. The summed E-state index contributed by atoms with van der Waals surface area (Å²) in [6.45, 7) is -0.192. The maximum Gasteiger partial charge on any atom is 0.266 e. The SMILES string of the molecule is [N-]=[N+]=Nc1ccccc1[C@@H]1OC(c2ccc(OCCCO)cc2)=N[C@]1(CCS(=O)(=O)c1ccccc1)C(=O)NNCc1c(F)cccc1F. The lowest BCUT2D eigenvalue weighted by atomic mass is 9.84. The van der Waals surface area contributed by atoms with Crippen molar-refractivity contribution in [3.63, 3.8) is 0 Å². The van der Waals surface area contributed by atoms with Crippen LogP contribution < -0.4 is 15.6 Å². The second-order valence-corrected chi connectivity index (χ2v) is 13.0. The van der Waals surface area contributed by atoms with Crippen molar-refractivity contribution < 1.29 is 36.6 Å². The number of benzene rings is 4. The molecule has 0 bridgehead atoms. The molecule has 0 unspecified atom stereocenters. The highest BCUT2D eigenvalue weighted by Crippen LogP contribution is 2.45. The fourth-order valence-electron chi connectivity index (χ4n) is 5.25. The molecule has 1 aliphatic heterocycles. The number of azide groups is 1. The van der Waals surface area contributed by atoms with Crippen LogP contribution in [0.5, 0.6) is 5.75 Å². The number of carbonyl (C=O) groups is 1. The molecule has 1 amide bonds. The summed E-state index contributed by atoms with van der Waals surface area (Å²) in [6, 6.07) is 23.9. The van der Waals surface area contributed by atoms with E-state index >= 15 is 0 Å². The Hall–Kier alpha value is -5.34. The molecule has 2 atom stereocenters. The molecule has 5 rings (SSSR count). The number of nitrogens with one attached hydrogen (secondary N) is 2. The van der Waals surface area contributed by atoms with Crippen LogP contribution in [0.1, 0.15) is 35.6 Å². The van der Waals surface area contributed by atoms with E-state index < -0.39 is 57.7 Å². The first-order valence-electron chi connectivity index (χ1n) is 15.2. The zero-order valence-electron chi connectivity index (χ0n) is 26.0. The minimum atomic E-state index is -3.96. The van der Waals surface area contributed by atoms with E-state index in [1.165, 1.54) is 24.3 Å². The lowest BCUT2D eigenvalue weighted by Gasteiger charge is -2.31. The molecule has 0 saturated carbocycles. The maximum absolute atomic E-state index is 14.4. The molecule has 1 aliphatic rings. The van der Waals surface area contributed by atoms with E-state index in [0.29, 0.717) is 17.7 Å². The maximum atomic E-state index is 14.4. The molecule has 0 saturated heterocycles. The number of hydrazine groups is 1. The predicted molar refractivity (Wildman–Crippen MR) is 176 cm³/mol. The number of ether oxygens (including phenoxy) is 2. The first-order chi connectivity index (χ1) is 23.7. The van der Waals surface area contributed by atoms with Crippen LogP contribution in [0.25, 0.3) is 10.4 Å². The summed E-state index contributed by atoms with van der Waals surface area (Å²) in [6.07, 6.45) is -1.29. The van der Waals surface area contributed by atoms with Gasteiger partial charge in [0.2, 0.25) is 5.90 Å². The second-order valence-electron chi connectivity index (χ2n) is 10.9. The van der Waals surface area contributed by atoms with E-state index in [1.54, 1.807) is 60.7 Å². The van der Waals surface area contributed by atoms with Gasteiger partial charge in [-0.25, -0.2) is 27.6 Å². The van der Waals surface area contributed by atoms with E-state index in [9.17, 15) is 27.5 Å². The Morgan fingerprint density at radius 3 is 2.39 bits per heavy atom. The Labute approximate surface area is 280 Å². The van der Waals surface area contributed by atoms with Crippen molar-refractivity contribution in [3.8, 4) is 5.75 Å². The number of nitrogens with zero attached hydrogens (tertiary/aromatic N) is 4. The lowest BCUT2D eigenvalue weighted by molar-refractivity contribution is -0.130. The first kappa shape index (κ1) is 35.0. The van der Waals surface area contributed by atoms with Crippen molar-refractivity contribution in [2.75, 3.05) is 19.0 Å². The van der Waals surface area contributed by atoms with Crippen LogP contribution in [-0.4, -0.2) is 49.8 Å². The fraction of sp³-hybridized carbons (Fsp3) is 0.235. The van der Waals surface area contributed by atoms with Crippen molar-refractivity contribution in [1.29, 1.82) is 0 Å². The number of aliphatic imine (C=N–C) groups is 1. The number of aliphatic hydroxyl groups is 1. The normalized spacial score (nSPS) is 17.0. The molecule has 0 radical (unpaired) electrons. The van der Waals surface area contributed by atoms with Gasteiger partial charge in [0.15, 0.2) is 21.5 Å². The number of sulfone groups is 1. The topological polar surface area (TPSA) is 175 Å². The van der Waals surface area contributed by atoms with Crippen LogP contribution in [0, 0.1) is 11.6 Å². The summed E-state index contributed by atoms with van der Waals surface area (Å²) < 4.78 is 67.7. The Morgan fingerprint density at radius 2 is 1.69 bits per heavy atom. The van der Waals surface area contributed by atoms with Crippen LogP contribution in [0.2, 0.25) is 0 Å². The molecule has 4 aromatic carbocycles. The van der Waals surface area contributed by atoms with Gasteiger partial charge in [-0.2, -0.15) is 0 Å². The van der Waals surface area contributed by atoms with Gasteiger partial charge in [-0.05, 0) is 54.1 Å². The third-order valence-electron chi connectivity index (χ3n) is 7.78. The monoisotopic (exact) mass is 690 g/mol. The van der Waals surface area contributed by atoms with Gasteiger partial charge in [-0.3, -0.25) is 10.2 Å². The molecule has 15 heteroatoms. The average molecular weight is 691 g/mol. The number of rotatable bonds is 15. The van der Waals surface area contributed by atoms with Gasteiger partial charge in [0.25, 0.3) is 5.91 Å². The summed E-state index contributed by atoms with van der Waals surface area (Å²) >= 11 is 0. The minimum Gasteiger partial charge on any atom is -0.494 e. The molecule has 1 heterocycles. The van der Waals surface area contributed by atoms with E-state index in [-0.39, 0.29) is 40.8 Å². The van der Waals surface area contributed by atoms with Gasteiger partial charge in [-0.1, -0.05) is 53.6 Å². The zero-order valence-corrected chi connectivity index (χ0v) is 26.8. The number of aliphatic hydroxyl groups excluding tert-OH is 1. The van der Waals surface area contributed by atoms with Gasteiger partial charge in [0.05, 0.1) is 17.3 Å². The van der Waals surface area contributed by atoms with Crippen LogP contribution in [0.3, 0.4) is 0 Å². The molecule has 0 aliphatic carbocycles. The number of halogens is 2. The standard InChI is InChI=1S/C34H32F2N6O6S/c35-28-11-6-12-29(36)27(28)22-38-41-33(44)34(18-21-49(45,46)25-8-2-1-3-9-25)31(26-10-4-5-13-30(26)40-42-37)48-32(39-34)23-14-16-24(17-15-23)47-20-7-19-43/h1-6,8-17,31,38,43H,7,18-22H2,(H,41,44)/t31-,34-/m0/s1. The predicted octanol–water partition coefficient (Wildman–Crippen LogP) is 5.61. The van der Waals surface area contributed by atoms with Crippen molar-refractivity contribution in [2.45, 2.75) is 35.9 Å². The van der Waals surface area contributed by atoms with Crippen LogP contribution >= 0.6 is 0 Å². The molecular formula is C34H32F2N6O6S. The number of hydrogen-bond donors (Lipinski definition) is 3. The van der Waals surface area contributed by atoms with E-state index in [1.807, 2.05) is 0 Å². The molecule has 3 N–H and O–H groups in total. The molecule has 0 aromatic heterocycles. The molecule has 0 spiro atoms. The summed E-state index contributed by atoms with van der Waals surface area (Å²) in [5, 5.41) is 12.8. The largest absolute Gasteiger partial charge is 0.494 e. The van der Waals surface area contributed by atoms with Crippen molar-refractivity contribution in [2.24, 2.45) is 10.1 Å². The number of hydrogen-bond acceptors (Lipinski definition) is 9. The van der Waals surface area contributed by atoms with E-state index in [0.717, 1.165) is 12.1 Å².